The second-order valence-electron chi connectivity index (χ2n) is 3.72. The molecule has 1 heterocycles. The molecule has 0 aliphatic rings. The van der Waals surface area contributed by atoms with E-state index in [9.17, 15) is 10.1 Å². The van der Waals surface area contributed by atoms with Crippen molar-refractivity contribution >= 4 is 17.7 Å². The number of rotatable bonds is 4. The highest BCUT2D eigenvalue weighted by molar-refractivity contribution is 7.98. The molecule has 5 nitrogen and oxygen atoms in total. The third-order valence-electron chi connectivity index (χ3n) is 2.55. The Bertz CT molecular complexity index is 695. The van der Waals surface area contributed by atoms with Gasteiger partial charge in [0.05, 0.1) is 6.20 Å². The van der Waals surface area contributed by atoms with Gasteiger partial charge in [0.25, 0.3) is 0 Å². The molecule has 1 aromatic heterocycles. The van der Waals surface area contributed by atoms with E-state index in [2.05, 4.69) is 11.1 Å². The van der Waals surface area contributed by atoms with Crippen molar-refractivity contribution in [2.24, 2.45) is 0 Å². The van der Waals surface area contributed by atoms with Crippen LogP contribution in [0.4, 0.5) is 0 Å². The van der Waals surface area contributed by atoms with Crippen LogP contribution in [0.2, 0.25) is 0 Å². The van der Waals surface area contributed by atoms with Crippen LogP contribution in [0.1, 0.15) is 15.9 Å². The molecule has 100 valence electrons. The molecular weight excluding hydrogens is 276 g/mol. The first-order chi connectivity index (χ1) is 9.67. The van der Waals surface area contributed by atoms with Crippen LogP contribution in [0, 0.1) is 11.3 Å². The van der Waals surface area contributed by atoms with Crippen molar-refractivity contribution in [3.05, 3.63) is 47.8 Å². The van der Waals surface area contributed by atoms with Crippen LogP contribution < -0.4 is 4.74 Å². The first-order valence-corrected chi connectivity index (χ1v) is 6.82. The lowest BCUT2D eigenvalue weighted by molar-refractivity contribution is 0.0694. The summed E-state index contributed by atoms with van der Waals surface area (Å²) in [5, 5.41) is 18.3. The fourth-order valence-electron chi connectivity index (χ4n) is 1.63. The topological polar surface area (TPSA) is 83.2 Å². The van der Waals surface area contributed by atoms with Gasteiger partial charge >= 0.3 is 5.97 Å². The van der Waals surface area contributed by atoms with Crippen LogP contribution in [0.25, 0.3) is 0 Å². The van der Waals surface area contributed by atoms with Crippen molar-refractivity contribution in [3.8, 4) is 17.6 Å². The molecule has 0 amide bonds. The molecular formula is C14H10N2O3S. The van der Waals surface area contributed by atoms with Crippen molar-refractivity contribution in [2.75, 3.05) is 6.26 Å². The number of hydrogen-bond donors (Lipinski definition) is 1. The molecule has 0 aliphatic carbocycles. The second kappa shape index (κ2) is 6.08. The van der Waals surface area contributed by atoms with Crippen molar-refractivity contribution < 1.29 is 14.6 Å². The van der Waals surface area contributed by atoms with Crippen LogP contribution in [0.3, 0.4) is 0 Å². The molecule has 0 bridgehead atoms. The maximum atomic E-state index is 11.1. The Morgan fingerprint density at radius 2 is 2.20 bits per heavy atom. The van der Waals surface area contributed by atoms with E-state index in [1.165, 1.54) is 30.2 Å². The van der Waals surface area contributed by atoms with Crippen LogP contribution in [-0.2, 0) is 0 Å². The Morgan fingerprint density at radius 3 is 2.85 bits per heavy atom. The van der Waals surface area contributed by atoms with Gasteiger partial charge < -0.3 is 9.84 Å². The Morgan fingerprint density at radius 1 is 1.40 bits per heavy atom. The summed E-state index contributed by atoms with van der Waals surface area (Å²) in [4.78, 5) is 15.7. The van der Waals surface area contributed by atoms with Gasteiger partial charge in [-0.1, -0.05) is 6.07 Å². The third-order valence-corrected chi connectivity index (χ3v) is 3.33. The van der Waals surface area contributed by atoms with E-state index in [0.29, 0.717) is 11.3 Å². The molecule has 20 heavy (non-hydrogen) atoms. The minimum Gasteiger partial charge on any atom is -0.478 e. The van der Waals surface area contributed by atoms with Crippen molar-refractivity contribution in [1.82, 2.24) is 4.98 Å². The fraction of sp³-hybridized carbons (Fsp3) is 0.0714. The fourth-order valence-corrected chi connectivity index (χ4v) is 2.20. The minimum absolute atomic E-state index is 0.00144. The Kier molecular flexibility index (Phi) is 4.23. The van der Waals surface area contributed by atoms with Gasteiger partial charge in [-0.25, -0.2) is 4.79 Å². The number of nitrogens with zero attached hydrogens (tertiary/aromatic N) is 2. The predicted octanol–water partition coefficient (Wildman–Crippen LogP) is 3.17. The van der Waals surface area contributed by atoms with Crippen molar-refractivity contribution in [2.45, 2.75) is 4.90 Å². The smallest absolute Gasteiger partial charge is 0.339 e. The number of thioether (sulfide) groups is 1. The van der Waals surface area contributed by atoms with E-state index in [4.69, 9.17) is 9.84 Å². The van der Waals surface area contributed by atoms with Gasteiger partial charge in [0.15, 0.2) is 5.75 Å². The lowest BCUT2D eigenvalue weighted by Crippen LogP contribution is -2.01. The molecule has 6 heteroatoms. The van der Waals surface area contributed by atoms with Gasteiger partial charge in [-0.15, -0.1) is 11.8 Å². The summed E-state index contributed by atoms with van der Waals surface area (Å²) < 4.78 is 5.56. The summed E-state index contributed by atoms with van der Waals surface area (Å²) >= 11 is 1.42. The number of carboxylic acids is 1. The molecule has 0 saturated heterocycles. The number of carbonyl (C=O) groups is 1. The van der Waals surface area contributed by atoms with E-state index in [1.54, 1.807) is 18.2 Å². The Balaban J connectivity index is 2.46. The van der Waals surface area contributed by atoms with Gasteiger partial charge in [0.1, 0.15) is 22.9 Å². The molecule has 1 aromatic carbocycles. The Hall–Kier alpha value is -2.52. The van der Waals surface area contributed by atoms with E-state index >= 15 is 0 Å². The molecule has 2 rings (SSSR count). The number of ether oxygens (including phenoxy) is 1. The summed E-state index contributed by atoms with van der Waals surface area (Å²) in [5.41, 5.74) is 0.374. The third kappa shape index (κ3) is 2.73. The average Bonchev–Trinajstić information content (AvgIpc) is 2.47. The zero-order valence-electron chi connectivity index (χ0n) is 10.5. The summed E-state index contributed by atoms with van der Waals surface area (Å²) in [6.07, 6.45) is 4.54. The molecule has 0 radical (unpaired) electrons. The molecule has 0 fully saturated rings. The molecule has 0 aliphatic heterocycles. The van der Waals surface area contributed by atoms with E-state index in [0.717, 1.165) is 4.90 Å². The molecule has 0 unspecified atom stereocenters. The zero-order chi connectivity index (χ0) is 14.5. The lowest BCUT2D eigenvalue weighted by Gasteiger charge is -2.10. The first-order valence-electron chi connectivity index (χ1n) is 5.59. The summed E-state index contributed by atoms with van der Waals surface area (Å²) in [7, 11) is 0. The van der Waals surface area contributed by atoms with Crippen molar-refractivity contribution in [1.29, 1.82) is 5.26 Å². The maximum Gasteiger partial charge on any atom is 0.339 e. The average molecular weight is 286 g/mol. The number of hydrogen-bond acceptors (Lipinski definition) is 5. The molecule has 0 saturated carbocycles. The van der Waals surface area contributed by atoms with Crippen LogP contribution in [0.5, 0.6) is 11.5 Å². The number of carboxylic acid groups (broad SMARTS) is 1. The number of pyridine rings is 1. The second-order valence-corrected chi connectivity index (χ2v) is 4.57. The normalized spacial score (nSPS) is 9.80. The van der Waals surface area contributed by atoms with Crippen LogP contribution >= 0.6 is 11.8 Å². The first kappa shape index (κ1) is 13.9. The van der Waals surface area contributed by atoms with Gasteiger partial charge in [-0.3, -0.25) is 4.98 Å². The zero-order valence-corrected chi connectivity index (χ0v) is 11.3. The van der Waals surface area contributed by atoms with Gasteiger partial charge in [-0.2, -0.15) is 5.26 Å². The number of aromatic nitrogens is 1. The van der Waals surface area contributed by atoms with E-state index < -0.39 is 5.97 Å². The number of benzene rings is 1. The molecule has 0 atom stereocenters. The SMILES string of the molecule is CSc1cccc(Oc2cnccc2C(=O)O)c1C#N. The standard InChI is InChI=1S/C14H10N2O3S/c1-20-13-4-2-3-11(10(13)7-15)19-12-8-16-6-5-9(12)14(17)18/h2-6,8H,1H3,(H,17,18). The predicted molar refractivity (Wildman–Crippen MR) is 74.2 cm³/mol. The van der Waals surface area contributed by atoms with Gasteiger partial charge in [0.2, 0.25) is 0 Å². The minimum atomic E-state index is -1.11. The number of aromatic carboxylic acids is 1. The summed E-state index contributed by atoms with van der Waals surface area (Å²) in [5.74, 6) is -0.688. The van der Waals surface area contributed by atoms with Gasteiger partial charge in [-0.05, 0) is 24.5 Å². The monoisotopic (exact) mass is 286 g/mol. The molecule has 2 aromatic rings. The maximum absolute atomic E-state index is 11.1. The number of nitriles is 1. The van der Waals surface area contributed by atoms with E-state index in [1.807, 2.05) is 6.26 Å². The highest BCUT2D eigenvalue weighted by Gasteiger charge is 2.15. The molecule has 1 N–H and O–H groups in total. The highest BCUT2D eigenvalue weighted by atomic mass is 32.2. The van der Waals surface area contributed by atoms with E-state index in [-0.39, 0.29) is 11.3 Å². The Labute approximate surface area is 119 Å². The highest BCUT2D eigenvalue weighted by Crippen LogP contribution is 2.32. The lowest BCUT2D eigenvalue weighted by atomic mass is 10.2. The largest absolute Gasteiger partial charge is 0.478 e. The van der Waals surface area contributed by atoms with Gasteiger partial charge in [0, 0.05) is 11.1 Å². The van der Waals surface area contributed by atoms with Crippen molar-refractivity contribution in [3.63, 3.8) is 0 Å². The van der Waals surface area contributed by atoms with Crippen LogP contribution in [-0.4, -0.2) is 22.3 Å². The van der Waals surface area contributed by atoms with Crippen LogP contribution in [0.15, 0.2) is 41.6 Å². The summed E-state index contributed by atoms with van der Waals surface area (Å²) in [6.45, 7) is 0. The quantitative estimate of drug-likeness (QED) is 0.869. The summed E-state index contributed by atoms with van der Waals surface area (Å²) in [6, 6.07) is 8.59. The molecule has 0 spiro atoms.